The van der Waals surface area contributed by atoms with Crippen LogP contribution in [0, 0.1) is 0 Å². The van der Waals surface area contributed by atoms with E-state index in [9.17, 15) is 4.79 Å². The molecule has 1 rings (SSSR count). The number of nitrogens with one attached hydrogen (secondary N) is 1. The monoisotopic (exact) mass is 239 g/mol. The van der Waals surface area contributed by atoms with Crippen LogP contribution in [0.3, 0.4) is 0 Å². The van der Waals surface area contributed by atoms with Crippen molar-refractivity contribution in [2.75, 3.05) is 6.61 Å². The molecule has 1 aliphatic heterocycles. The summed E-state index contributed by atoms with van der Waals surface area (Å²) in [6.45, 7) is 9.63. The minimum Gasteiger partial charge on any atom is -0.474 e. The van der Waals surface area contributed by atoms with E-state index in [1.807, 2.05) is 6.92 Å². The fourth-order valence-electron chi connectivity index (χ4n) is 1.70. The third-order valence-electron chi connectivity index (χ3n) is 2.57. The highest BCUT2D eigenvalue weighted by molar-refractivity contribution is 5.86. The van der Waals surface area contributed by atoms with Crippen molar-refractivity contribution in [1.82, 2.24) is 5.32 Å². The van der Waals surface area contributed by atoms with Crippen molar-refractivity contribution in [2.45, 2.75) is 45.8 Å². The van der Waals surface area contributed by atoms with Crippen LogP contribution in [0.15, 0.2) is 24.1 Å². The number of carbonyl (C=O) groups excluding carboxylic acids is 1. The molecule has 0 aromatic rings. The van der Waals surface area contributed by atoms with Gasteiger partial charge in [-0.25, -0.2) is 4.79 Å². The molecule has 1 heterocycles. The lowest BCUT2D eigenvalue weighted by molar-refractivity contribution is -0.138. The van der Waals surface area contributed by atoms with Crippen LogP contribution < -0.4 is 5.32 Å². The van der Waals surface area contributed by atoms with Gasteiger partial charge in [0, 0.05) is 18.4 Å². The summed E-state index contributed by atoms with van der Waals surface area (Å²) >= 11 is 0. The molecular formula is C13H21NO3. The van der Waals surface area contributed by atoms with Crippen LogP contribution in [-0.2, 0) is 14.3 Å². The summed E-state index contributed by atoms with van der Waals surface area (Å²) in [5, 5.41) is 3.30. The second-order valence-corrected chi connectivity index (χ2v) is 4.53. The fourth-order valence-corrected chi connectivity index (χ4v) is 1.70. The second kappa shape index (κ2) is 5.75. The molecule has 1 aliphatic rings. The number of rotatable bonds is 6. The zero-order valence-corrected chi connectivity index (χ0v) is 10.8. The van der Waals surface area contributed by atoms with Gasteiger partial charge in [-0.2, -0.15) is 0 Å². The quantitative estimate of drug-likeness (QED) is 0.571. The van der Waals surface area contributed by atoms with Gasteiger partial charge >= 0.3 is 5.97 Å². The molecule has 4 nitrogen and oxygen atoms in total. The number of esters is 1. The average Bonchev–Trinajstić information content (AvgIpc) is 2.60. The molecule has 0 spiro atoms. The topological polar surface area (TPSA) is 47.6 Å². The first kappa shape index (κ1) is 13.6. The van der Waals surface area contributed by atoms with Crippen LogP contribution in [-0.4, -0.2) is 18.3 Å². The minimum absolute atomic E-state index is 0.303. The molecule has 96 valence electrons. The van der Waals surface area contributed by atoms with Gasteiger partial charge in [0.15, 0.2) is 5.72 Å². The van der Waals surface area contributed by atoms with Crippen LogP contribution in [0.4, 0.5) is 0 Å². The Morgan fingerprint density at radius 3 is 2.94 bits per heavy atom. The first-order valence-corrected chi connectivity index (χ1v) is 5.94. The molecule has 0 amide bonds. The average molecular weight is 239 g/mol. The summed E-state index contributed by atoms with van der Waals surface area (Å²) in [6.07, 6.45) is 4.34. The summed E-state index contributed by atoms with van der Waals surface area (Å²) in [5.74, 6) is -0.346. The number of ether oxygens (including phenoxy) is 2. The van der Waals surface area contributed by atoms with Crippen molar-refractivity contribution in [2.24, 2.45) is 0 Å². The van der Waals surface area contributed by atoms with Crippen LogP contribution in [0.25, 0.3) is 0 Å². The van der Waals surface area contributed by atoms with Crippen LogP contribution in [0.5, 0.6) is 0 Å². The van der Waals surface area contributed by atoms with E-state index in [1.54, 1.807) is 13.2 Å². The lowest BCUT2D eigenvalue weighted by Gasteiger charge is -2.24. The highest BCUT2D eigenvalue weighted by atomic mass is 16.5. The Labute approximate surface area is 103 Å². The van der Waals surface area contributed by atoms with E-state index >= 15 is 0 Å². The second-order valence-electron chi connectivity index (χ2n) is 4.53. The standard InChI is InChI=1S/C13H21NO3/c1-5-7-13(4)14-11(9-17-13)6-8-16-12(15)10(2)3/h9,14H,2,5-8H2,1,3-4H3. The summed E-state index contributed by atoms with van der Waals surface area (Å²) in [6, 6.07) is 0. The van der Waals surface area contributed by atoms with Crippen molar-refractivity contribution < 1.29 is 14.3 Å². The molecular weight excluding hydrogens is 218 g/mol. The van der Waals surface area contributed by atoms with Crippen molar-refractivity contribution in [3.63, 3.8) is 0 Å². The number of hydrogen-bond donors (Lipinski definition) is 1. The zero-order chi connectivity index (χ0) is 12.9. The van der Waals surface area contributed by atoms with Crippen molar-refractivity contribution in [3.8, 4) is 0 Å². The summed E-state index contributed by atoms with van der Waals surface area (Å²) in [5.41, 5.74) is 1.09. The summed E-state index contributed by atoms with van der Waals surface area (Å²) in [4.78, 5) is 11.2. The normalized spacial score (nSPS) is 22.4. The van der Waals surface area contributed by atoms with Crippen LogP contribution >= 0.6 is 0 Å². The largest absolute Gasteiger partial charge is 0.474 e. The molecule has 17 heavy (non-hydrogen) atoms. The van der Waals surface area contributed by atoms with Gasteiger partial charge in [-0.15, -0.1) is 0 Å². The lowest BCUT2D eigenvalue weighted by Crippen LogP contribution is -2.38. The Kier molecular flexibility index (Phi) is 4.61. The van der Waals surface area contributed by atoms with Crippen LogP contribution in [0.1, 0.15) is 40.0 Å². The first-order chi connectivity index (χ1) is 7.97. The minimum atomic E-state index is -0.346. The third-order valence-corrected chi connectivity index (χ3v) is 2.57. The molecule has 0 bridgehead atoms. The lowest BCUT2D eigenvalue weighted by atomic mass is 10.1. The maximum absolute atomic E-state index is 11.2. The molecule has 0 fully saturated rings. The molecule has 1 N–H and O–H groups in total. The Morgan fingerprint density at radius 2 is 2.35 bits per heavy atom. The van der Waals surface area contributed by atoms with Gasteiger partial charge in [-0.05, 0) is 13.8 Å². The highest BCUT2D eigenvalue weighted by Gasteiger charge is 2.29. The number of hydrogen-bond acceptors (Lipinski definition) is 4. The van der Waals surface area contributed by atoms with E-state index in [1.165, 1.54) is 0 Å². The van der Waals surface area contributed by atoms with Crippen molar-refractivity contribution in [3.05, 3.63) is 24.1 Å². The summed E-state index contributed by atoms with van der Waals surface area (Å²) < 4.78 is 10.6. The van der Waals surface area contributed by atoms with E-state index < -0.39 is 0 Å². The van der Waals surface area contributed by atoms with Crippen molar-refractivity contribution >= 4 is 5.97 Å². The fraction of sp³-hybridized carbons (Fsp3) is 0.615. The van der Waals surface area contributed by atoms with E-state index in [-0.39, 0.29) is 11.7 Å². The van der Waals surface area contributed by atoms with Crippen molar-refractivity contribution in [1.29, 1.82) is 0 Å². The Balaban J connectivity index is 2.27. The molecule has 4 heteroatoms. The Bertz CT molecular complexity index is 336. The van der Waals surface area contributed by atoms with Gasteiger partial charge < -0.3 is 14.8 Å². The predicted octanol–water partition coefficient (Wildman–Crippen LogP) is 2.47. The maximum atomic E-state index is 11.2. The van der Waals surface area contributed by atoms with E-state index in [0.717, 1.165) is 18.5 Å². The highest BCUT2D eigenvalue weighted by Crippen LogP contribution is 2.23. The van der Waals surface area contributed by atoms with E-state index in [2.05, 4.69) is 18.8 Å². The van der Waals surface area contributed by atoms with Gasteiger partial charge in [-0.1, -0.05) is 19.9 Å². The number of carbonyl (C=O) groups is 1. The molecule has 0 aromatic carbocycles. The molecule has 0 aliphatic carbocycles. The van der Waals surface area contributed by atoms with Gasteiger partial charge in [0.1, 0.15) is 6.26 Å². The molecule has 0 aromatic heterocycles. The molecule has 0 radical (unpaired) electrons. The summed E-state index contributed by atoms with van der Waals surface area (Å²) in [7, 11) is 0. The maximum Gasteiger partial charge on any atom is 0.333 e. The van der Waals surface area contributed by atoms with Gasteiger partial charge in [0.25, 0.3) is 0 Å². The van der Waals surface area contributed by atoms with Gasteiger partial charge in [-0.3, -0.25) is 0 Å². The Hall–Kier alpha value is -1.45. The smallest absolute Gasteiger partial charge is 0.333 e. The van der Waals surface area contributed by atoms with Crippen LogP contribution in [0.2, 0.25) is 0 Å². The van der Waals surface area contributed by atoms with Gasteiger partial charge in [0.2, 0.25) is 0 Å². The molecule has 0 saturated carbocycles. The molecule has 0 saturated heterocycles. The zero-order valence-electron chi connectivity index (χ0n) is 10.8. The Morgan fingerprint density at radius 1 is 1.65 bits per heavy atom. The van der Waals surface area contributed by atoms with E-state index in [4.69, 9.17) is 9.47 Å². The third kappa shape index (κ3) is 4.13. The van der Waals surface area contributed by atoms with E-state index in [0.29, 0.717) is 18.6 Å². The molecule has 1 unspecified atom stereocenters. The SMILES string of the molecule is C=C(C)C(=O)OCCC1=COC(C)(CCC)N1. The molecule has 1 atom stereocenters. The first-order valence-electron chi connectivity index (χ1n) is 5.94. The van der Waals surface area contributed by atoms with Gasteiger partial charge in [0.05, 0.1) is 12.3 Å². The predicted molar refractivity (Wildman–Crippen MR) is 66.0 cm³/mol.